The van der Waals surface area contributed by atoms with Gasteiger partial charge in [-0.05, 0) is 35.0 Å². The lowest BCUT2D eigenvalue weighted by Crippen LogP contribution is -2.14. The van der Waals surface area contributed by atoms with Crippen LogP contribution in [0.5, 0.6) is 11.5 Å². The summed E-state index contributed by atoms with van der Waals surface area (Å²) in [5, 5.41) is 1.35. The van der Waals surface area contributed by atoms with E-state index in [1.807, 2.05) is 0 Å². The minimum atomic E-state index is -0.657. The Kier molecular flexibility index (Phi) is 5.44. The zero-order valence-corrected chi connectivity index (χ0v) is 15.9. The average molecular weight is 381 g/mol. The van der Waals surface area contributed by atoms with E-state index in [4.69, 9.17) is 18.9 Å². The second-order valence-corrected chi connectivity index (χ2v) is 5.83. The molecule has 0 amide bonds. The third kappa shape index (κ3) is 3.22. The lowest BCUT2D eigenvalue weighted by molar-refractivity contribution is 0.0556. The van der Waals surface area contributed by atoms with Gasteiger partial charge >= 0.3 is 11.9 Å². The number of carbonyl (C=O) groups excluding carboxylic acids is 2. The Morgan fingerprint density at radius 2 is 1.57 bits per heavy atom. The van der Waals surface area contributed by atoms with Crippen LogP contribution in [-0.2, 0) is 9.47 Å². The number of pyridine rings is 1. The normalized spacial score (nSPS) is 10.4. The summed E-state index contributed by atoms with van der Waals surface area (Å²) in [6.07, 6.45) is 3.23. The van der Waals surface area contributed by atoms with Gasteiger partial charge in [0.2, 0.25) is 0 Å². The molecule has 1 aromatic heterocycles. The number of benzene rings is 2. The predicted octanol–water partition coefficient (Wildman–Crippen LogP) is 3.49. The van der Waals surface area contributed by atoms with E-state index in [1.54, 1.807) is 42.7 Å². The molecule has 0 saturated carbocycles. The van der Waals surface area contributed by atoms with Crippen molar-refractivity contribution in [3.8, 4) is 22.6 Å². The maximum Gasteiger partial charge on any atom is 0.339 e. The Hall–Kier alpha value is -3.61. The number of nitrogens with zero attached hydrogens (tertiary/aromatic N) is 1. The van der Waals surface area contributed by atoms with Crippen LogP contribution < -0.4 is 9.47 Å². The number of fused-ring (bicyclic) bond motifs is 1. The van der Waals surface area contributed by atoms with Crippen LogP contribution in [0, 0.1) is 0 Å². The average Bonchev–Trinajstić information content (AvgIpc) is 2.76. The Labute approximate surface area is 161 Å². The molecule has 1 heterocycles. The van der Waals surface area contributed by atoms with E-state index < -0.39 is 11.9 Å². The molecule has 0 aliphatic rings. The standard InChI is InChI=1S/C21H19NO6/c1-25-16-9-13-8-15(20(23)27-3)19(21(24)28-4)18(12-6-5-7-22-11-12)14(13)10-17(16)26-2/h5-11H,1-4H3. The van der Waals surface area contributed by atoms with Crippen LogP contribution in [0.2, 0.25) is 0 Å². The Bertz CT molecular complexity index is 1050. The van der Waals surface area contributed by atoms with Gasteiger partial charge in [-0.15, -0.1) is 0 Å². The van der Waals surface area contributed by atoms with Gasteiger partial charge in [0.25, 0.3) is 0 Å². The molecule has 2 aromatic carbocycles. The summed E-state index contributed by atoms with van der Waals surface area (Å²) in [6.45, 7) is 0. The fourth-order valence-corrected chi connectivity index (χ4v) is 3.12. The van der Waals surface area contributed by atoms with Gasteiger partial charge in [-0.25, -0.2) is 9.59 Å². The van der Waals surface area contributed by atoms with Gasteiger partial charge in [-0.3, -0.25) is 4.98 Å². The zero-order valence-electron chi connectivity index (χ0n) is 15.9. The van der Waals surface area contributed by atoms with Crippen LogP contribution >= 0.6 is 0 Å². The maximum atomic E-state index is 12.7. The van der Waals surface area contributed by atoms with E-state index in [1.165, 1.54) is 28.4 Å². The van der Waals surface area contributed by atoms with Gasteiger partial charge in [0.1, 0.15) is 0 Å². The molecule has 0 unspecified atom stereocenters. The molecule has 0 saturated heterocycles. The summed E-state index contributed by atoms with van der Waals surface area (Å²) < 4.78 is 20.6. The van der Waals surface area contributed by atoms with E-state index in [0.29, 0.717) is 33.4 Å². The van der Waals surface area contributed by atoms with E-state index in [2.05, 4.69) is 4.98 Å². The molecule has 0 radical (unpaired) electrons. The Morgan fingerprint density at radius 3 is 2.14 bits per heavy atom. The van der Waals surface area contributed by atoms with Gasteiger partial charge in [0, 0.05) is 23.5 Å². The summed E-state index contributed by atoms with van der Waals surface area (Å²) in [7, 11) is 5.56. The molecular formula is C21H19NO6. The highest BCUT2D eigenvalue weighted by Gasteiger charge is 2.26. The highest BCUT2D eigenvalue weighted by molar-refractivity contribution is 6.15. The van der Waals surface area contributed by atoms with Crippen LogP contribution in [0.25, 0.3) is 21.9 Å². The van der Waals surface area contributed by atoms with Gasteiger partial charge in [-0.2, -0.15) is 0 Å². The van der Waals surface area contributed by atoms with Gasteiger partial charge in [-0.1, -0.05) is 6.07 Å². The molecule has 28 heavy (non-hydrogen) atoms. The summed E-state index contributed by atoms with van der Waals surface area (Å²) in [6, 6.07) is 8.61. The molecule has 0 atom stereocenters. The fourth-order valence-electron chi connectivity index (χ4n) is 3.12. The second-order valence-electron chi connectivity index (χ2n) is 5.83. The minimum absolute atomic E-state index is 0.0907. The monoisotopic (exact) mass is 381 g/mol. The number of esters is 2. The van der Waals surface area contributed by atoms with Gasteiger partial charge < -0.3 is 18.9 Å². The molecule has 7 nitrogen and oxygen atoms in total. The first kappa shape index (κ1) is 19.2. The Morgan fingerprint density at radius 1 is 0.893 bits per heavy atom. The summed E-state index contributed by atoms with van der Waals surface area (Å²) in [5.74, 6) is -0.325. The van der Waals surface area contributed by atoms with Crippen LogP contribution in [0.3, 0.4) is 0 Å². The van der Waals surface area contributed by atoms with E-state index in [0.717, 1.165) is 0 Å². The summed E-state index contributed by atoms with van der Waals surface area (Å²) >= 11 is 0. The van der Waals surface area contributed by atoms with Crippen LogP contribution in [0.1, 0.15) is 20.7 Å². The lowest BCUT2D eigenvalue weighted by Gasteiger charge is -2.17. The SMILES string of the molecule is COC(=O)c1cc2cc(OC)c(OC)cc2c(-c2cccnc2)c1C(=O)OC. The van der Waals surface area contributed by atoms with E-state index >= 15 is 0 Å². The fraction of sp³-hybridized carbons (Fsp3) is 0.190. The molecule has 0 N–H and O–H groups in total. The molecular weight excluding hydrogens is 362 g/mol. The smallest absolute Gasteiger partial charge is 0.339 e. The number of hydrogen-bond donors (Lipinski definition) is 0. The molecule has 0 aliphatic carbocycles. The van der Waals surface area contributed by atoms with Crippen LogP contribution in [0.4, 0.5) is 0 Å². The Balaban J connectivity index is 2.54. The zero-order chi connectivity index (χ0) is 20.3. The second kappa shape index (κ2) is 7.96. The molecule has 7 heteroatoms. The predicted molar refractivity (Wildman–Crippen MR) is 103 cm³/mol. The number of hydrogen-bond acceptors (Lipinski definition) is 7. The van der Waals surface area contributed by atoms with Crippen molar-refractivity contribution in [2.75, 3.05) is 28.4 Å². The third-order valence-electron chi connectivity index (χ3n) is 4.39. The quantitative estimate of drug-likeness (QED) is 0.626. The summed E-state index contributed by atoms with van der Waals surface area (Å²) in [4.78, 5) is 29.3. The maximum absolute atomic E-state index is 12.7. The molecule has 0 fully saturated rings. The van der Waals surface area contributed by atoms with Crippen molar-refractivity contribution < 1.29 is 28.5 Å². The lowest BCUT2D eigenvalue weighted by atomic mass is 9.90. The van der Waals surface area contributed by atoms with E-state index in [9.17, 15) is 9.59 Å². The first-order chi connectivity index (χ1) is 13.5. The number of ether oxygens (including phenoxy) is 4. The molecule has 144 valence electrons. The van der Waals surface area contributed by atoms with Crippen molar-refractivity contribution >= 4 is 22.7 Å². The summed E-state index contributed by atoms with van der Waals surface area (Å²) in [5.41, 5.74) is 1.33. The molecule has 3 rings (SSSR count). The largest absolute Gasteiger partial charge is 0.493 e. The first-order valence-corrected chi connectivity index (χ1v) is 8.35. The number of methoxy groups -OCH3 is 4. The van der Waals surface area contributed by atoms with Crippen molar-refractivity contribution in [3.05, 3.63) is 53.9 Å². The van der Waals surface area contributed by atoms with Gasteiger partial charge in [0.15, 0.2) is 11.5 Å². The highest BCUT2D eigenvalue weighted by atomic mass is 16.5. The molecule has 0 aliphatic heterocycles. The molecule has 3 aromatic rings. The van der Waals surface area contributed by atoms with Crippen LogP contribution in [-0.4, -0.2) is 45.4 Å². The topological polar surface area (TPSA) is 84.0 Å². The van der Waals surface area contributed by atoms with Crippen molar-refractivity contribution in [1.29, 1.82) is 0 Å². The van der Waals surface area contributed by atoms with Gasteiger partial charge in [0.05, 0.1) is 39.6 Å². The van der Waals surface area contributed by atoms with Crippen molar-refractivity contribution in [3.63, 3.8) is 0 Å². The first-order valence-electron chi connectivity index (χ1n) is 8.35. The van der Waals surface area contributed by atoms with Crippen molar-refractivity contribution in [2.24, 2.45) is 0 Å². The minimum Gasteiger partial charge on any atom is -0.493 e. The molecule has 0 bridgehead atoms. The number of carbonyl (C=O) groups is 2. The third-order valence-corrected chi connectivity index (χ3v) is 4.39. The number of rotatable bonds is 5. The van der Waals surface area contributed by atoms with Crippen LogP contribution in [0.15, 0.2) is 42.7 Å². The van der Waals surface area contributed by atoms with Crippen molar-refractivity contribution in [2.45, 2.75) is 0 Å². The van der Waals surface area contributed by atoms with E-state index in [-0.39, 0.29) is 11.1 Å². The van der Waals surface area contributed by atoms with Crippen molar-refractivity contribution in [1.82, 2.24) is 4.98 Å². The molecule has 0 spiro atoms. The highest BCUT2D eigenvalue weighted by Crippen LogP contribution is 2.40. The number of aromatic nitrogens is 1.